The van der Waals surface area contributed by atoms with Crippen LogP contribution in [-0.4, -0.2) is 24.9 Å². The van der Waals surface area contributed by atoms with Crippen molar-refractivity contribution < 1.29 is 0 Å². The highest BCUT2D eigenvalue weighted by Gasteiger charge is 2.16. The average molecular weight is 640 g/mol. The van der Waals surface area contributed by atoms with Gasteiger partial charge in [0.05, 0.1) is 22.8 Å². The van der Waals surface area contributed by atoms with E-state index >= 15 is 0 Å². The Labute approximate surface area is 289 Å². The van der Waals surface area contributed by atoms with Gasteiger partial charge in [-0.2, -0.15) is 0 Å². The second-order valence-corrected chi connectivity index (χ2v) is 12.2. The average Bonchev–Trinajstić information content (AvgIpc) is 3.21. The van der Waals surface area contributed by atoms with Crippen LogP contribution in [0, 0.1) is 0 Å². The van der Waals surface area contributed by atoms with E-state index in [0.29, 0.717) is 23.0 Å². The summed E-state index contributed by atoms with van der Waals surface area (Å²) >= 11 is 0. The van der Waals surface area contributed by atoms with Crippen molar-refractivity contribution in [3.8, 4) is 68.1 Å². The molecule has 50 heavy (non-hydrogen) atoms. The van der Waals surface area contributed by atoms with Gasteiger partial charge in [0.1, 0.15) is 11.4 Å². The summed E-state index contributed by atoms with van der Waals surface area (Å²) in [5.41, 5.74) is 8.63. The second kappa shape index (κ2) is 12.6. The minimum Gasteiger partial charge on any atom is -0.241 e. The van der Waals surface area contributed by atoms with Crippen molar-refractivity contribution in [3.63, 3.8) is 0 Å². The monoisotopic (exact) mass is 639 g/mol. The van der Waals surface area contributed by atoms with Crippen molar-refractivity contribution in [2.24, 2.45) is 0 Å². The molecule has 0 radical (unpaired) electrons. The summed E-state index contributed by atoms with van der Waals surface area (Å²) in [6.07, 6.45) is 0. The van der Waals surface area contributed by atoms with Crippen LogP contribution < -0.4 is 0 Å². The maximum Gasteiger partial charge on any atom is 0.179 e. The first-order chi connectivity index (χ1) is 24.7. The molecule has 6 aromatic carbocycles. The number of hydrogen-bond acceptors (Lipinski definition) is 5. The lowest BCUT2D eigenvalue weighted by atomic mass is 10.0. The lowest BCUT2D eigenvalue weighted by Gasteiger charge is -2.12. The molecule has 3 heterocycles. The van der Waals surface area contributed by atoms with Crippen molar-refractivity contribution in [3.05, 3.63) is 176 Å². The van der Waals surface area contributed by atoms with E-state index in [1.807, 2.05) is 54.6 Å². The molecule has 9 aromatic rings. The number of aromatic nitrogens is 5. The first-order valence-electron chi connectivity index (χ1n) is 16.6. The lowest BCUT2D eigenvalue weighted by molar-refractivity contribution is 1.12. The number of nitrogens with zero attached hydrogens (tertiary/aromatic N) is 5. The van der Waals surface area contributed by atoms with Crippen molar-refractivity contribution >= 4 is 21.5 Å². The van der Waals surface area contributed by atoms with E-state index in [4.69, 9.17) is 24.9 Å². The van der Waals surface area contributed by atoms with Gasteiger partial charge in [-0.25, -0.2) is 24.9 Å². The third kappa shape index (κ3) is 5.78. The van der Waals surface area contributed by atoms with Gasteiger partial charge in [-0.15, -0.1) is 0 Å². The normalized spacial score (nSPS) is 11.2. The summed E-state index contributed by atoms with van der Waals surface area (Å²) in [6.45, 7) is 0. The van der Waals surface area contributed by atoms with E-state index in [1.54, 1.807) is 0 Å². The smallest absolute Gasteiger partial charge is 0.179 e. The molecule has 0 saturated heterocycles. The molecule has 5 heteroatoms. The van der Waals surface area contributed by atoms with Crippen molar-refractivity contribution in [2.75, 3.05) is 0 Å². The van der Waals surface area contributed by atoms with Crippen LogP contribution in [-0.2, 0) is 0 Å². The second-order valence-electron chi connectivity index (χ2n) is 12.2. The van der Waals surface area contributed by atoms with Gasteiger partial charge in [-0.3, -0.25) is 0 Å². The minimum atomic E-state index is 0.533. The van der Waals surface area contributed by atoms with Gasteiger partial charge >= 0.3 is 0 Å². The highest BCUT2D eigenvalue weighted by molar-refractivity contribution is 5.88. The largest absolute Gasteiger partial charge is 0.241 e. The fourth-order valence-corrected chi connectivity index (χ4v) is 6.31. The van der Waals surface area contributed by atoms with Crippen LogP contribution in [0.25, 0.3) is 89.6 Å². The molecule has 0 aliphatic rings. The minimum absolute atomic E-state index is 0.533. The Morgan fingerprint density at radius 2 is 0.600 bits per heavy atom. The van der Waals surface area contributed by atoms with Crippen LogP contribution in [0.4, 0.5) is 0 Å². The Bertz CT molecular complexity index is 2470. The molecule has 0 amide bonds. The quantitative estimate of drug-likeness (QED) is 0.181. The third-order valence-corrected chi connectivity index (χ3v) is 8.89. The van der Waals surface area contributed by atoms with E-state index in [1.165, 1.54) is 10.8 Å². The van der Waals surface area contributed by atoms with Gasteiger partial charge in [0.15, 0.2) is 11.6 Å². The van der Waals surface area contributed by atoms with E-state index < -0.39 is 0 Å². The summed E-state index contributed by atoms with van der Waals surface area (Å²) < 4.78 is 0. The van der Waals surface area contributed by atoms with E-state index in [2.05, 4.69) is 121 Å². The molecule has 0 spiro atoms. The van der Waals surface area contributed by atoms with E-state index in [-0.39, 0.29) is 0 Å². The Morgan fingerprint density at radius 1 is 0.220 bits per heavy atom. The van der Waals surface area contributed by atoms with Crippen molar-refractivity contribution in [1.29, 1.82) is 0 Å². The maximum atomic E-state index is 5.10. The highest BCUT2D eigenvalue weighted by Crippen LogP contribution is 2.32. The van der Waals surface area contributed by atoms with Crippen LogP contribution in [0.1, 0.15) is 0 Å². The van der Waals surface area contributed by atoms with Crippen LogP contribution in [0.15, 0.2) is 176 Å². The van der Waals surface area contributed by atoms with Crippen LogP contribution in [0.3, 0.4) is 0 Å². The molecule has 0 N–H and O–H groups in total. The first-order valence-corrected chi connectivity index (χ1v) is 16.6. The standard InChI is InChI=1S/C45H29N5/c1-3-14-32(15-4-1)40-28-42(36-24-22-30-12-7-9-18-34(30)26-36)49-44(47-40)38-20-11-21-39(46-38)45-48-41(33-16-5-2-6-17-33)29-43(50-45)37-25-23-31-13-8-10-19-35(31)27-37/h1-29H. The summed E-state index contributed by atoms with van der Waals surface area (Å²) in [5, 5.41) is 4.68. The predicted octanol–water partition coefficient (Wildman–Crippen LogP) is 11.0. The topological polar surface area (TPSA) is 64.5 Å². The summed E-state index contributed by atoms with van der Waals surface area (Å²) in [5.74, 6) is 1.07. The Hall–Kier alpha value is -6.85. The zero-order valence-corrected chi connectivity index (χ0v) is 27.0. The zero-order valence-electron chi connectivity index (χ0n) is 27.0. The summed E-state index contributed by atoms with van der Waals surface area (Å²) in [4.78, 5) is 25.4. The van der Waals surface area contributed by atoms with Gasteiger partial charge in [-0.1, -0.05) is 140 Å². The van der Waals surface area contributed by atoms with E-state index in [0.717, 1.165) is 55.8 Å². The number of rotatable bonds is 6. The first kappa shape index (κ1) is 29.3. The molecule has 0 saturated carbocycles. The van der Waals surface area contributed by atoms with Gasteiger partial charge in [0, 0.05) is 22.3 Å². The molecule has 0 aliphatic heterocycles. The Morgan fingerprint density at radius 3 is 1.04 bits per heavy atom. The molecule has 0 unspecified atom stereocenters. The Kier molecular flexibility index (Phi) is 7.41. The number of fused-ring (bicyclic) bond motifs is 2. The van der Waals surface area contributed by atoms with Crippen molar-refractivity contribution in [1.82, 2.24) is 24.9 Å². The number of hydrogen-bond donors (Lipinski definition) is 0. The molecule has 0 atom stereocenters. The molecule has 0 bridgehead atoms. The van der Waals surface area contributed by atoms with Gasteiger partial charge in [0.25, 0.3) is 0 Å². The predicted molar refractivity (Wildman–Crippen MR) is 203 cm³/mol. The lowest BCUT2D eigenvalue weighted by Crippen LogP contribution is -2.00. The highest BCUT2D eigenvalue weighted by atomic mass is 15.0. The molecule has 9 rings (SSSR count). The third-order valence-electron chi connectivity index (χ3n) is 8.89. The fourth-order valence-electron chi connectivity index (χ4n) is 6.31. The van der Waals surface area contributed by atoms with E-state index in [9.17, 15) is 0 Å². The van der Waals surface area contributed by atoms with Gasteiger partial charge in [0.2, 0.25) is 0 Å². The maximum absolute atomic E-state index is 5.10. The molecular weight excluding hydrogens is 611 g/mol. The van der Waals surface area contributed by atoms with Gasteiger partial charge in [-0.05, 0) is 57.9 Å². The van der Waals surface area contributed by atoms with Crippen LogP contribution in [0.2, 0.25) is 0 Å². The Balaban J connectivity index is 1.19. The van der Waals surface area contributed by atoms with Crippen molar-refractivity contribution in [2.45, 2.75) is 0 Å². The summed E-state index contributed by atoms with van der Waals surface area (Å²) in [6, 6.07) is 59.9. The zero-order chi connectivity index (χ0) is 33.3. The molecule has 3 aromatic heterocycles. The SMILES string of the molecule is c1ccc(-c2cc(-c3ccc4ccccc4c3)nc(-c3cccc(-c4nc(-c5ccccc5)cc(-c5ccc6ccccc6c5)n4)n3)n2)cc1. The van der Waals surface area contributed by atoms with Crippen LogP contribution in [0.5, 0.6) is 0 Å². The van der Waals surface area contributed by atoms with Gasteiger partial charge < -0.3 is 0 Å². The molecule has 0 aliphatic carbocycles. The molecule has 5 nitrogen and oxygen atoms in total. The fraction of sp³-hybridized carbons (Fsp3) is 0. The molecule has 0 fully saturated rings. The summed E-state index contributed by atoms with van der Waals surface area (Å²) in [7, 11) is 0. The van der Waals surface area contributed by atoms with Crippen LogP contribution >= 0.6 is 0 Å². The molecular formula is C45H29N5. The number of pyridine rings is 1. The molecule has 234 valence electrons. The number of benzene rings is 6.